The van der Waals surface area contributed by atoms with Crippen molar-refractivity contribution in [1.29, 1.82) is 0 Å². The molecular formula is C10H8O2Si. The fourth-order valence-corrected chi connectivity index (χ4v) is 1.33. The number of benzene rings is 1. The molecule has 0 aromatic heterocycles. The minimum absolute atomic E-state index is 0.0461. The fourth-order valence-electron chi connectivity index (χ4n) is 0.728. The Morgan fingerprint density at radius 1 is 1.46 bits per heavy atom. The average Bonchev–Trinajstić information content (AvgIpc) is 2.17. The smallest absolute Gasteiger partial charge is 0.355 e. The van der Waals surface area contributed by atoms with Crippen LogP contribution in [0.5, 0.6) is 0 Å². The predicted molar refractivity (Wildman–Crippen MR) is 51.6 cm³/mol. The summed E-state index contributed by atoms with van der Waals surface area (Å²) in [6.07, 6.45) is 1.18. The summed E-state index contributed by atoms with van der Waals surface area (Å²) in [7, 11) is 0.0461. The van der Waals surface area contributed by atoms with Gasteiger partial charge in [-0.3, -0.25) is 0 Å². The second-order valence-electron chi connectivity index (χ2n) is 2.24. The van der Waals surface area contributed by atoms with Crippen LogP contribution in [0, 0.1) is 0 Å². The maximum Gasteiger partial charge on any atom is 0.355 e. The number of carbonyl (C=O) groups is 1. The van der Waals surface area contributed by atoms with Gasteiger partial charge in [-0.2, -0.15) is 0 Å². The van der Waals surface area contributed by atoms with Gasteiger partial charge in [0.15, 0.2) is 0 Å². The van der Waals surface area contributed by atoms with Crippen molar-refractivity contribution in [2.75, 3.05) is 0 Å². The van der Waals surface area contributed by atoms with Crippen LogP contribution in [0.1, 0.15) is 0 Å². The van der Waals surface area contributed by atoms with Crippen LogP contribution in [0.3, 0.4) is 0 Å². The molecule has 1 aromatic carbocycles. The molecule has 1 aromatic rings. The van der Waals surface area contributed by atoms with E-state index < -0.39 is 5.97 Å². The Morgan fingerprint density at radius 3 is 2.77 bits per heavy atom. The second kappa shape index (κ2) is 5.14. The second-order valence-corrected chi connectivity index (χ2v) is 3.22. The van der Waals surface area contributed by atoms with Crippen molar-refractivity contribution in [1.82, 2.24) is 0 Å². The van der Waals surface area contributed by atoms with E-state index in [4.69, 9.17) is 4.43 Å². The van der Waals surface area contributed by atoms with Gasteiger partial charge in [0.1, 0.15) is 0 Å². The van der Waals surface area contributed by atoms with Gasteiger partial charge in [0, 0.05) is 0 Å². The van der Waals surface area contributed by atoms with Crippen LogP contribution in [0.4, 0.5) is 0 Å². The molecule has 2 radical (unpaired) electrons. The third-order valence-electron chi connectivity index (χ3n) is 1.26. The summed E-state index contributed by atoms with van der Waals surface area (Å²) in [6, 6.07) is 9.53. The van der Waals surface area contributed by atoms with Crippen molar-refractivity contribution in [3.8, 4) is 0 Å². The van der Waals surface area contributed by atoms with Gasteiger partial charge in [0.05, 0.1) is 6.08 Å². The van der Waals surface area contributed by atoms with Crippen LogP contribution in [0.2, 0.25) is 0 Å². The van der Waals surface area contributed by atoms with Gasteiger partial charge < -0.3 is 4.43 Å². The SMILES string of the molecule is C=C=CC(=O)O[Si]c1ccccc1. The Morgan fingerprint density at radius 2 is 2.15 bits per heavy atom. The molecule has 3 heteroatoms. The molecule has 0 heterocycles. The molecule has 0 saturated carbocycles. The van der Waals surface area contributed by atoms with Crippen LogP contribution >= 0.6 is 0 Å². The van der Waals surface area contributed by atoms with E-state index in [2.05, 4.69) is 12.3 Å². The number of rotatable bonds is 3. The monoisotopic (exact) mass is 188 g/mol. The third-order valence-corrected chi connectivity index (χ3v) is 2.14. The maximum atomic E-state index is 10.8. The first kappa shape index (κ1) is 9.51. The summed E-state index contributed by atoms with van der Waals surface area (Å²) in [6.45, 7) is 3.28. The highest BCUT2D eigenvalue weighted by Gasteiger charge is 1.99. The molecule has 0 aliphatic heterocycles. The van der Waals surface area contributed by atoms with Gasteiger partial charge in [-0.15, -0.1) is 5.73 Å². The molecule has 0 unspecified atom stereocenters. The third kappa shape index (κ3) is 3.56. The van der Waals surface area contributed by atoms with Gasteiger partial charge >= 0.3 is 15.7 Å². The van der Waals surface area contributed by atoms with E-state index in [0.717, 1.165) is 5.19 Å². The molecule has 0 N–H and O–H groups in total. The van der Waals surface area contributed by atoms with E-state index >= 15 is 0 Å². The molecule has 0 spiro atoms. The van der Waals surface area contributed by atoms with E-state index in [1.165, 1.54) is 6.08 Å². The quantitative estimate of drug-likeness (QED) is 0.399. The zero-order chi connectivity index (χ0) is 9.52. The lowest BCUT2D eigenvalue weighted by molar-refractivity contribution is -0.128. The molecule has 0 atom stereocenters. The Balaban J connectivity index is 2.44. The molecule has 0 amide bonds. The van der Waals surface area contributed by atoms with Crippen molar-refractivity contribution in [3.05, 3.63) is 48.7 Å². The van der Waals surface area contributed by atoms with E-state index in [0.29, 0.717) is 0 Å². The largest absolute Gasteiger partial charge is 0.508 e. The van der Waals surface area contributed by atoms with Crippen molar-refractivity contribution >= 4 is 20.9 Å². The summed E-state index contributed by atoms with van der Waals surface area (Å²) >= 11 is 0. The molecule has 0 aliphatic rings. The minimum Gasteiger partial charge on any atom is -0.508 e. The minimum atomic E-state index is -0.405. The number of hydrogen-bond donors (Lipinski definition) is 0. The Labute approximate surface area is 79.5 Å². The van der Waals surface area contributed by atoms with E-state index in [1.54, 1.807) is 0 Å². The molecule has 0 aliphatic carbocycles. The summed E-state index contributed by atoms with van der Waals surface area (Å²) in [5, 5.41) is 0.994. The van der Waals surface area contributed by atoms with E-state index in [9.17, 15) is 4.79 Å². The summed E-state index contributed by atoms with van der Waals surface area (Å²) in [5.41, 5.74) is 2.36. The van der Waals surface area contributed by atoms with Gasteiger partial charge in [0.25, 0.3) is 0 Å². The zero-order valence-corrected chi connectivity index (χ0v) is 7.99. The predicted octanol–water partition coefficient (Wildman–Crippen LogP) is 0.815. The Hall–Kier alpha value is -1.57. The average molecular weight is 188 g/mol. The first-order valence-electron chi connectivity index (χ1n) is 3.70. The normalized spacial score (nSPS) is 8.62. The summed E-state index contributed by atoms with van der Waals surface area (Å²) in [4.78, 5) is 10.8. The lowest BCUT2D eigenvalue weighted by atomic mass is 10.4. The van der Waals surface area contributed by atoms with E-state index in [-0.39, 0.29) is 9.76 Å². The molecule has 2 nitrogen and oxygen atoms in total. The first-order chi connectivity index (χ1) is 6.33. The highest BCUT2D eigenvalue weighted by Crippen LogP contribution is 1.83. The topological polar surface area (TPSA) is 26.3 Å². The van der Waals surface area contributed by atoms with Crippen molar-refractivity contribution in [2.24, 2.45) is 0 Å². The molecule has 0 fully saturated rings. The number of carbonyl (C=O) groups excluding carboxylic acids is 1. The molecule has 0 saturated heterocycles. The lowest BCUT2D eigenvalue weighted by Crippen LogP contribution is -2.19. The summed E-state index contributed by atoms with van der Waals surface area (Å²) in [5.74, 6) is -0.405. The highest BCUT2D eigenvalue weighted by molar-refractivity contribution is 6.49. The fraction of sp³-hybridized carbons (Fsp3) is 0. The summed E-state index contributed by atoms with van der Waals surface area (Å²) < 4.78 is 4.90. The standard InChI is InChI=1S/C10H8O2Si/c1-2-6-10(11)12-13-9-7-4-3-5-8-9/h3-8H,1H2. The molecule has 1 rings (SSSR count). The Kier molecular flexibility index (Phi) is 3.76. The number of hydrogen-bond acceptors (Lipinski definition) is 2. The van der Waals surface area contributed by atoms with Crippen LogP contribution in [0.15, 0.2) is 48.7 Å². The Bertz CT molecular complexity index is 326. The van der Waals surface area contributed by atoms with Gasteiger partial charge in [0.2, 0.25) is 0 Å². The zero-order valence-electron chi connectivity index (χ0n) is 6.99. The maximum absolute atomic E-state index is 10.8. The molecule has 13 heavy (non-hydrogen) atoms. The first-order valence-corrected chi connectivity index (χ1v) is 4.61. The van der Waals surface area contributed by atoms with Gasteiger partial charge in [-0.25, -0.2) is 4.79 Å². The van der Waals surface area contributed by atoms with Gasteiger partial charge in [-0.1, -0.05) is 36.9 Å². The van der Waals surface area contributed by atoms with Crippen molar-refractivity contribution in [3.63, 3.8) is 0 Å². The van der Waals surface area contributed by atoms with Crippen LogP contribution in [-0.2, 0) is 9.22 Å². The van der Waals surface area contributed by atoms with Gasteiger partial charge in [-0.05, 0) is 5.19 Å². The van der Waals surface area contributed by atoms with Crippen molar-refractivity contribution < 1.29 is 9.22 Å². The van der Waals surface area contributed by atoms with Crippen LogP contribution < -0.4 is 5.19 Å². The highest BCUT2D eigenvalue weighted by atomic mass is 28.2. The molecule has 0 bridgehead atoms. The molecule has 64 valence electrons. The molecular weight excluding hydrogens is 180 g/mol. The van der Waals surface area contributed by atoms with Crippen LogP contribution in [-0.4, -0.2) is 15.7 Å². The van der Waals surface area contributed by atoms with E-state index in [1.807, 2.05) is 30.3 Å². The van der Waals surface area contributed by atoms with Crippen LogP contribution in [0.25, 0.3) is 0 Å². The lowest BCUT2D eigenvalue weighted by Gasteiger charge is -1.97. The van der Waals surface area contributed by atoms with Crippen molar-refractivity contribution in [2.45, 2.75) is 0 Å².